The van der Waals surface area contributed by atoms with Gasteiger partial charge in [-0.25, -0.2) is 4.79 Å². The second-order valence-corrected chi connectivity index (χ2v) is 3.37. The van der Waals surface area contributed by atoms with Gasteiger partial charge in [-0.05, 0) is 19.1 Å². The number of anilines is 1. The largest absolute Gasteiger partial charge is 0.491 e. The predicted molar refractivity (Wildman–Crippen MR) is 64.0 cm³/mol. The molecule has 3 N–H and O–H groups in total. The number of carbonyl (C=O) groups is 1. The van der Waals surface area contributed by atoms with Crippen LogP contribution in [0.15, 0.2) is 18.2 Å². The zero-order valence-electron chi connectivity index (χ0n) is 9.81. The van der Waals surface area contributed by atoms with Crippen molar-refractivity contribution in [1.82, 2.24) is 0 Å². The van der Waals surface area contributed by atoms with Crippen LogP contribution in [0.4, 0.5) is 5.69 Å². The Morgan fingerprint density at radius 1 is 1.47 bits per heavy atom. The molecule has 0 spiro atoms. The van der Waals surface area contributed by atoms with E-state index in [0.29, 0.717) is 30.0 Å². The van der Waals surface area contributed by atoms with Crippen molar-refractivity contribution in [2.24, 2.45) is 0 Å². The predicted octanol–water partition coefficient (Wildman–Crippen LogP) is 1.21. The quantitative estimate of drug-likeness (QED) is 0.443. The number of carbonyl (C=O) groups excluding carboxylic acids is 1. The van der Waals surface area contributed by atoms with Gasteiger partial charge in [-0.2, -0.15) is 0 Å². The number of nitrogens with two attached hydrogens (primary N) is 1. The summed E-state index contributed by atoms with van der Waals surface area (Å²) in [5, 5.41) is 8.60. The van der Waals surface area contributed by atoms with Gasteiger partial charge in [0.25, 0.3) is 0 Å². The van der Waals surface area contributed by atoms with Crippen molar-refractivity contribution in [2.75, 3.05) is 25.6 Å². The Morgan fingerprint density at radius 2 is 2.24 bits per heavy atom. The van der Waals surface area contributed by atoms with Crippen molar-refractivity contribution in [3.8, 4) is 5.75 Å². The van der Waals surface area contributed by atoms with E-state index in [2.05, 4.69) is 0 Å². The lowest BCUT2D eigenvalue weighted by atomic mass is 10.1. The standard InChI is InChI=1S/C12H17NO4/c1-2-16-11-9(5-3-6-10(11)13)12(15)17-8-4-7-14/h3,5-6,14H,2,4,7-8,13H2,1H3. The summed E-state index contributed by atoms with van der Waals surface area (Å²) in [7, 11) is 0. The Hall–Kier alpha value is -1.75. The molecule has 0 radical (unpaired) electrons. The molecule has 17 heavy (non-hydrogen) atoms. The van der Waals surface area contributed by atoms with Crippen molar-refractivity contribution in [2.45, 2.75) is 13.3 Å². The third-order valence-corrected chi connectivity index (χ3v) is 2.09. The number of esters is 1. The molecule has 0 aromatic heterocycles. The number of ether oxygens (including phenoxy) is 2. The van der Waals surface area contributed by atoms with Gasteiger partial charge < -0.3 is 20.3 Å². The number of aliphatic hydroxyl groups excluding tert-OH is 1. The van der Waals surface area contributed by atoms with Gasteiger partial charge in [0.05, 0.1) is 18.9 Å². The molecule has 0 aliphatic carbocycles. The molecule has 0 amide bonds. The lowest BCUT2D eigenvalue weighted by molar-refractivity contribution is 0.0478. The summed E-state index contributed by atoms with van der Waals surface area (Å²) in [5.41, 5.74) is 6.44. The molecular weight excluding hydrogens is 222 g/mol. The third-order valence-electron chi connectivity index (χ3n) is 2.09. The van der Waals surface area contributed by atoms with Crippen molar-refractivity contribution in [1.29, 1.82) is 0 Å². The van der Waals surface area contributed by atoms with Gasteiger partial charge in [0.2, 0.25) is 0 Å². The summed E-state index contributed by atoms with van der Waals surface area (Å²) in [4.78, 5) is 11.7. The molecule has 0 atom stereocenters. The van der Waals surface area contributed by atoms with Crippen LogP contribution in [-0.4, -0.2) is 30.9 Å². The van der Waals surface area contributed by atoms with Gasteiger partial charge in [-0.15, -0.1) is 0 Å². The second-order valence-electron chi connectivity index (χ2n) is 3.37. The maximum Gasteiger partial charge on any atom is 0.342 e. The van der Waals surface area contributed by atoms with E-state index in [1.54, 1.807) is 18.2 Å². The Balaban J connectivity index is 2.81. The molecule has 0 bridgehead atoms. The number of para-hydroxylation sites is 1. The highest BCUT2D eigenvalue weighted by Crippen LogP contribution is 2.26. The Morgan fingerprint density at radius 3 is 2.88 bits per heavy atom. The monoisotopic (exact) mass is 239 g/mol. The van der Waals surface area contributed by atoms with Crippen molar-refractivity contribution >= 4 is 11.7 Å². The van der Waals surface area contributed by atoms with Crippen molar-refractivity contribution in [3.05, 3.63) is 23.8 Å². The summed E-state index contributed by atoms with van der Waals surface area (Å²) >= 11 is 0. The molecule has 5 nitrogen and oxygen atoms in total. The number of nitrogen functional groups attached to an aromatic ring is 1. The topological polar surface area (TPSA) is 81.8 Å². The molecule has 0 heterocycles. The summed E-state index contributed by atoms with van der Waals surface area (Å²) in [6.07, 6.45) is 0.415. The SMILES string of the molecule is CCOc1c(N)cccc1C(=O)OCCCO. The van der Waals surface area contributed by atoms with Crippen LogP contribution in [0.3, 0.4) is 0 Å². The van der Waals surface area contributed by atoms with Crippen LogP contribution in [0.5, 0.6) is 5.75 Å². The summed E-state index contributed by atoms with van der Waals surface area (Å²) in [5.74, 6) is -0.141. The maximum absolute atomic E-state index is 11.7. The zero-order valence-corrected chi connectivity index (χ0v) is 9.81. The normalized spacial score (nSPS) is 10.0. The average Bonchev–Trinajstić information content (AvgIpc) is 2.32. The van der Waals surface area contributed by atoms with Crippen molar-refractivity contribution < 1.29 is 19.4 Å². The summed E-state index contributed by atoms with van der Waals surface area (Å²) in [6, 6.07) is 4.93. The fourth-order valence-electron chi connectivity index (χ4n) is 1.33. The molecule has 1 aromatic rings. The average molecular weight is 239 g/mol. The van der Waals surface area contributed by atoms with Gasteiger partial charge >= 0.3 is 5.97 Å². The van der Waals surface area contributed by atoms with Crippen LogP contribution >= 0.6 is 0 Å². The highest BCUT2D eigenvalue weighted by Gasteiger charge is 2.15. The lowest BCUT2D eigenvalue weighted by Gasteiger charge is -2.11. The molecule has 5 heteroatoms. The van der Waals surface area contributed by atoms with E-state index >= 15 is 0 Å². The van der Waals surface area contributed by atoms with Crippen LogP contribution in [0.1, 0.15) is 23.7 Å². The van der Waals surface area contributed by atoms with Gasteiger partial charge in [-0.3, -0.25) is 0 Å². The number of rotatable bonds is 6. The highest BCUT2D eigenvalue weighted by molar-refractivity contribution is 5.94. The molecule has 0 unspecified atom stereocenters. The van der Waals surface area contributed by atoms with E-state index in [4.69, 9.17) is 20.3 Å². The number of hydrogen-bond acceptors (Lipinski definition) is 5. The minimum Gasteiger partial charge on any atom is -0.491 e. The molecule has 1 aromatic carbocycles. The van der Waals surface area contributed by atoms with Crippen molar-refractivity contribution in [3.63, 3.8) is 0 Å². The van der Waals surface area contributed by atoms with Crippen LogP contribution in [0.2, 0.25) is 0 Å². The van der Waals surface area contributed by atoms with Gasteiger partial charge in [0.1, 0.15) is 5.56 Å². The Bertz CT molecular complexity index is 379. The minimum atomic E-state index is -0.491. The van der Waals surface area contributed by atoms with E-state index < -0.39 is 5.97 Å². The highest BCUT2D eigenvalue weighted by atomic mass is 16.5. The van der Waals surface area contributed by atoms with E-state index in [-0.39, 0.29) is 13.2 Å². The summed E-state index contributed by atoms with van der Waals surface area (Å²) < 4.78 is 10.3. The second kappa shape index (κ2) is 6.75. The maximum atomic E-state index is 11.7. The Labute approximate surface area is 100 Å². The van der Waals surface area contributed by atoms with Gasteiger partial charge in [0, 0.05) is 13.0 Å². The van der Waals surface area contributed by atoms with E-state index in [1.165, 1.54) is 0 Å². The minimum absolute atomic E-state index is 0.0114. The first-order valence-corrected chi connectivity index (χ1v) is 5.50. The fraction of sp³-hybridized carbons (Fsp3) is 0.417. The smallest absolute Gasteiger partial charge is 0.342 e. The van der Waals surface area contributed by atoms with Crippen LogP contribution < -0.4 is 10.5 Å². The van der Waals surface area contributed by atoms with Crippen LogP contribution in [-0.2, 0) is 4.74 Å². The molecule has 0 aliphatic heterocycles. The molecule has 0 aliphatic rings. The molecule has 94 valence electrons. The molecule has 0 saturated carbocycles. The van der Waals surface area contributed by atoms with E-state index in [1.807, 2.05) is 6.92 Å². The third kappa shape index (κ3) is 3.64. The number of aliphatic hydroxyl groups is 1. The lowest BCUT2D eigenvalue weighted by Crippen LogP contribution is -2.11. The molecule has 1 rings (SSSR count). The molecular formula is C12H17NO4. The van der Waals surface area contributed by atoms with E-state index in [0.717, 1.165) is 0 Å². The molecule has 0 fully saturated rings. The van der Waals surface area contributed by atoms with Crippen LogP contribution in [0, 0.1) is 0 Å². The van der Waals surface area contributed by atoms with E-state index in [9.17, 15) is 4.79 Å². The van der Waals surface area contributed by atoms with Gasteiger partial charge in [0.15, 0.2) is 5.75 Å². The Kier molecular flexibility index (Phi) is 5.29. The van der Waals surface area contributed by atoms with Gasteiger partial charge in [-0.1, -0.05) is 6.07 Å². The molecule has 0 saturated heterocycles. The fourth-order valence-corrected chi connectivity index (χ4v) is 1.33. The first-order valence-electron chi connectivity index (χ1n) is 5.50. The number of hydrogen-bond donors (Lipinski definition) is 2. The first-order chi connectivity index (χ1) is 8.20. The first kappa shape index (κ1) is 13.3. The van der Waals surface area contributed by atoms with Crippen LogP contribution in [0.25, 0.3) is 0 Å². The zero-order chi connectivity index (χ0) is 12.7. The summed E-state index contributed by atoms with van der Waals surface area (Å²) in [6.45, 7) is 2.40. The number of benzene rings is 1.